The molecule has 2 nitrogen and oxygen atoms in total. The van der Waals surface area contributed by atoms with Gasteiger partial charge in [0.2, 0.25) is 0 Å². The van der Waals surface area contributed by atoms with E-state index < -0.39 is 0 Å². The van der Waals surface area contributed by atoms with Crippen molar-refractivity contribution < 1.29 is 5.11 Å². The van der Waals surface area contributed by atoms with E-state index in [1.54, 1.807) is 0 Å². The number of hydrogen-bond donors (Lipinski definition) is 2. The van der Waals surface area contributed by atoms with Gasteiger partial charge in [0.05, 0.1) is 0 Å². The average molecular weight is 301 g/mol. The summed E-state index contributed by atoms with van der Waals surface area (Å²) in [5.74, 6) is 2.14. The van der Waals surface area contributed by atoms with Crippen LogP contribution < -0.4 is 5.32 Å². The number of thioether (sulfide) groups is 1. The first-order valence-electron chi connectivity index (χ1n) is 7.44. The van der Waals surface area contributed by atoms with Crippen molar-refractivity contribution in [2.24, 2.45) is 0 Å². The van der Waals surface area contributed by atoms with Gasteiger partial charge in [-0.1, -0.05) is 54.6 Å². The standard InChI is InChI=1S/C18H23NOS/c20-12-4-13-21-14-11-19-15-16-7-9-18(10-8-16)17-5-2-1-3-6-17/h1-3,5-10,19-20H,4,11-15H2. The fraction of sp³-hybridized carbons (Fsp3) is 0.333. The lowest BCUT2D eigenvalue weighted by Crippen LogP contribution is -2.16. The molecule has 0 radical (unpaired) electrons. The van der Waals surface area contributed by atoms with Gasteiger partial charge in [-0.2, -0.15) is 11.8 Å². The molecule has 0 heterocycles. The Hall–Kier alpha value is -1.29. The molecule has 2 N–H and O–H groups in total. The van der Waals surface area contributed by atoms with E-state index in [2.05, 4.69) is 53.8 Å². The molecule has 0 spiro atoms. The Kier molecular flexibility index (Phi) is 7.36. The van der Waals surface area contributed by atoms with E-state index in [9.17, 15) is 0 Å². The molecule has 2 aromatic carbocycles. The number of nitrogens with one attached hydrogen (secondary N) is 1. The number of aliphatic hydroxyl groups excluding tert-OH is 1. The summed E-state index contributed by atoms with van der Waals surface area (Å²) in [5.41, 5.74) is 3.84. The van der Waals surface area contributed by atoms with Gasteiger partial charge in [0, 0.05) is 25.4 Å². The molecule has 0 fully saturated rings. The Bertz CT molecular complexity index is 498. The number of hydrogen-bond acceptors (Lipinski definition) is 3. The lowest BCUT2D eigenvalue weighted by atomic mass is 10.0. The summed E-state index contributed by atoms with van der Waals surface area (Å²) < 4.78 is 0. The third-order valence-electron chi connectivity index (χ3n) is 3.26. The first-order chi connectivity index (χ1) is 10.4. The Balaban J connectivity index is 1.71. The second-order valence-electron chi connectivity index (χ2n) is 4.93. The van der Waals surface area contributed by atoms with Crippen molar-refractivity contribution in [1.82, 2.24) is 5.32 Å². The van der Waals surface area contributed by atoms with Gasteiger partial charge in [-0.3, -0.25) is 0 Å². The number of benzene rings is 2. The number of aliphatic hydroxyl groups is 1. The molecule has 0 saturated carbocycles. The Morgan fingerprint density at radius 2 is 1.57 bits per heavy atom. The molecule has 0 bridgehead atoms. The van der Waals surface area contributed by atoms with Crippen molar-refractivity contribution in [3.8, 4) is 11.1 Å². The second-order valence-corrected chi connectivity index (χ2v) is 6.15. The highest BCUT2D eigenvalue weighted by molar-refractivity contribution is 7.99. The zero-order chi connectivity index (χ0) is 14.8. The normalized spacial score (nSPS) is 10.7. The van der Waals surface area contributed by atoms with E-state index in [0.29, 0.717) is 6.61 Å². The first-order valence-corrected chi connectivity index (χ1v) is 8.59. The predicted molar refractivity (Wildman–Crippen MR) is 92.6 cm³/mol. The molecule has 0 aliphatic heterocycles. The van der Waals surface area contributed by atoms with Crippen LogP contribution in [0.15, 0.2) is 54.6 Å². The lowest BCUT2D eigenvalue weighted by molar-refractivity contribution is 0.296. The van der Waals surface area contributed by atoms with E-state index in [1.807, 2.05) is 17.8 Å². The van der Waals surface area contributed by atoms with Crippen LogP contribution in [0.4, 0.5) is 0 Å². The van der Waals surface area contributed by atoms with Gasteiger partial charge in [-0.25, -0.2) is 0 Å². The maximum atomic E-state index is 8.69. The Morgan fingerprint density at radius 1 is 0.857 bits per heavy atom. The maximum absolute atomic E-state index is 8.69. The molecule has 0 aliphatic carbocycles. The summed E-state index contributed by atoms with van der Waals surface area (Å²) in [7, 11) is 0. The molecule has 0 atom stereocenters. The fourth-order valence-electron chi connectivity index (χ4n) is 2.09. The molecule has 112 valence electrons. The van der Waals surface area contributed by atoms with Crippen LogP contribution in [0.1, 0.15) is 12.0 Å². The minimum atomic E-state index is 0.300. The first kappa shape index (κ1) is 16.1. The highest BCUT2D eigenvalue weighted by Crippen LogP contribution is 2.19. The van der Waals surface area contributed by atoms with Crippen LogP contribution in [-0.2, 0) is 6.54 Å². The van der Waals surface area contributed by atoms with Crippen LogP contribution in [0.5, 0.6) is 0 Å². The van der Waals surface area contributed by atoms with Gasteiger partial charge >= 0.3 is 0 Å². The molecule has 0 aromatic heterocycles. The summed E-state index contributed by atoms with van der Waals surface area (Å²) in [6.45, 7) is 2.22. The molecule has 3 heteroatoms. The Labute approximate surface area is 131 Å². The van der Waals surface area contributed by atoms with Gasteiger partial charge in [-0.05, 0) is 28.9 Å². The SMILES string of the molecule is OCCCSCCNCc1ccc(-c2ccccc2)cc1. The highest BCUT2D eigenvalue weighted by atomic mass is 32.2. The van der Waals surface area contributed by atoms with Crippen molar-refractivity contribution in [2.75, 3.05) is 24.7 Å². The van der Waals surface area contributed by atoms with Gasteiger partial charge < -0.3 is 10.4 Å². The van der Waals surface area contributed by atoms with E-state index in [0.717, 1.165) is 31.0 Å². The summed E-state index contributed by atoms with van der Waals surface area (Å²) in [6.07, 6.45) is 0.894. The zero-order valence-corrected chi connectivity index (χ0v) is 13.1. The maximum Gasteiger partial charge on any atom is 0.0438 e. The highest BCUT2D eigenvalue weighted by Gasteiger charge is 1.97. The fourth-order valence-corrected chi connectivity index (χ4v) is 2.92. The van der Waals surface area contributed by atoms with Gasteiger partial charge in [0.25, 0.3) is 0 Å². The summed E-state index contributed by atoms with van der Waals surface area (Å²) >= 11 is 1.89. The van der Waals surface area contributed by atoms with Crippen LogP contribution in [0.3, 0.4) is 0 Å². The monoisotopic (exact) mass is 301 g/mol. The third kappa shape index (κ3) is 5.92. The minimum Gasteiger partial charge on any atom is -0.396 e. The van der Waals surface area contributed by atoms with Crippen molar-refractivity contribution in [3.63, 3.8) is 0 Å². The van der Waals surface area contributed by atoms with E-state index >= 15 is 0 Å². The van der Waals surface area contributed by atoms with Crippen LogP contribution in [0.2, 0.25) is 0 Å². The van der Waals surface area contributed by atoms with E-state index in [-0.39, 0.29) is 0 Å². The lowest BCUT2D eigenvalue weighted by Gasteiger charge is -2.06. The smallest absolute Gasteiger partial charge is 0.0438 e. The second kappa shape index (κ2) is 9.61. The molecule has 0 saturated heterocycles. The molecule has 0 aliphatic rings. The molecule has 0 amide bonds. The third-order valence-corrected chi connectivity index (χ3v) is 4.33. The Morgan fingerprint density at radius 3 is 2.29 bits per heavy atom. The van der Waals surface area contributed by atoms with E-state index in [4.69, 9.17) is 5.11 Å². The van der Waals surface area contributed by atoms with E-state index in [1.165, 1.54) is 16.7 Å². The summed E-state index contributed by atoms with van der Waals surface area (Å²) in [4.78, 5) is 0. The van der Waals surface area contributed by atoms with Crippen molar-refractivity contribution in [2.45, 2.75) is 13.0 Å². The van der Waals surface area contributed by atoms with Crippen molar-refractivity contribution in [1.29, 1.82) is 0 Å². The number of rotatable bonds is 9. The zero-order valence-electron chi connectivity index (χ0n) is 12.3. The van der Waals surface area contributed by atoms with Crippen LogP contribution in [-0.4, -0.2) is 29.8 Å². The molecule has 0 unspecified atom stereocenters. The molecular weight excluding hydrogens is 278 g/mol. The minimum absolute atomic E-state index is 0.300. The molecule has 2 aromatic rings. The molecule has 21 heavy (non-hydrogen) atoms. The predicted octanol–water partition coefficient (Wildman–Crippen LogP) is 3.56. The average Bonchev–Trinajstić information content (AvgIpc) is 2.55. The summed E-state index contributed by atoms with van der Waals surface area (Å²) in [6, 6.07) is 19.2. The topological polar surface area (TPSA) is 32.3 Å². The van der Waals surface area contributed by atoms with Crippen LogP contribution >= 0.6 is 11.8 Å². The van der Waals surface area contributed by atoms with Gasteiger partial charge in [0.1, 0.15) is 0 Å². The van der Waals surface area contributed by atoms with Crippen molar-refractivity contribution in [3.05, 3.63) is 60.2 Å². The molecule has 2 rings (SSSR count). The van der Waals surface area contributed by atoms with Crippen LogP contribution in [0.25, 0.3) is 11.1 Å². The largest absolute Gasteiger partial charge is 0.396 e. The van der Waals surface area contributed by atoms with Gasteiger partial charge in [0.15, 0.2) is 0 Å². The van der Waals surface area contributed by atoms with Crippen molar-refractivity contribution >= 4 is 11.8 Å². The molecular formula is C18H23NOS. The summed E-state index contributed by atoms with van der Waals surface area (Å²) in [5, 5.41) is 12.1. The van der Waals surface area contributed by atoms with Gasteiger partial charge in [-0.15, -0.1) is 0 Å². The van der Waals surface area contributed by atoms with Crippen LogP contribution in [0, 0.1) is 0 Å². The quantitative estimate of drug-likeness (QED) is 0.695.